The van der Waals surface area contributed by atoms with Gasteiger partial charge in [-0.3, -0.25) is 0 Å². The van der Waals surface area contributed by atoms with Crippen molar-refractivity contribution < 1.29 is 0 Å². The van der Waals surface area contributed by atoms with E-state index in [9.17, 15) is 0 Å². The molecule has 0 radical (unpaired) electrons. The Morgan fingerprint density at radius 2 is 1.69 bits per heavy atom. The molecular formula is C25H33N. The second-order valence-corrected chi connectivity index (χ2v) is 8.59. The Morgan fingerprint density at radius 1 is 0.962 bits per heavy atom. The molecule has 1 nitrogen and oxygen atoms in total. The molecule has 26 heavy (non-hydrogen) atoms. The van der Waals surface area contributed by atoms with Crippen LogP contribution in [0.4, 0.5) is 0 Å². The van der Waals surface area contributed by atoms with Gasteiger partial charge in [0.1, 0.15) is 0 Å². The first-order valence-corrected chi connectivity index (χ1v) is 10.6. The van der Waals surface area contributed by atoms with E-state index < -0.39 is 0 Å². The molecule has 0 amide bonds. The summed E-state index contributed by atoms with van der Waals surface area (Å²) in [7, 11) is 0. The first-order valence-electron chi connectivity index (χ1n) is 10.6. The van der Waals surface area contributed by atoms with Gasteiger partial charge in [0, 0.05) is 0 Å². The van der Waals surface area contributed by atoms with E-state index in [2.05, 4.69) is 67.7 Å². The van der Waals surface area contributed by atoms with Crippen molar-refractivity contribution in [1.29, 1.82) is 0 Å². The molecule has 1 saturated carbocycles. The predicted molar refractivity (Wildman–Crippen MR) is 111 cm³/mol. The largest absolute Gasteiger partial charge is 0.304 e. The van der Waals surface area contributed by atoms with Crippen LogP contribution in [-0.4, -0.2) is 6.54 Å². The molecule has 0 heterocycles. The van der Waals surface area contributed by atoms with Crippen molar-refractivity contribution in [3.8, 4) is 0 Å². The van der Waals surface area contributed by atoms with E-state index in [4.69, 9.17) is 0 Å². The summed E-state index contributed by atoms with van der Waals surface area (Å²) in [6, 6.07) is 18.4. The fraction of sp³-hybridized carbons (Fsp3) is 0.520. The number of benzene rings is 2. The smallest absolute Gasteiger partial charge is 0.0667 e. The molecule has 2 atom stereocenters. The van der Waals surface area contributed by atoms with Crippen LogP contribution < -0.4 is 5.32 Å². The molecule has 1 N–H and O–H groups in total. The highest BCUT2D eigenvalue weighted by Gasteiger charge is 2.38. The van der Waals surface area contributed by atoms with Gasteiger partial charge in [-0.05, 0) is 73.2 Å². The Morgan fingerprint density at radius 3 is 2.46 bits per heavy atom. The molecule has 138 valence electrons. The fourth-order valence-electron chi connectivity index (χ4n) is 4.77. The molecule has 2 aliphatic rings. The maximum Gasteiger partial charge on any atom is 0.0667 e. The Labute approximate surface area is 159 Å². The van der Waals surface area contributed by atoms with Crippen molar-refractivity contribution in [2.75, 3.05) is 6.54 Å². The highest BCUT2D eigenvalue weighted by Crippen LogP contribution is 2.43. The van der Waals surface area contributed by atoms with Crippen LogP contribution in [0.3, 0.4) is 0 Å². The third-order valence-corrected chi connectivity index (χ3v) is 6.56. The van der Waals surface area contributed by atoms with Gasteiger partial charge in [0.05, 0.1) is 5.54 Å². The van der Waals surface area contributed by atoms with Crippen LogP contribution in [0, 0.1) is 5.92 Å². The summed E-state index contributed by atoms with van der Waals surface area (Å²) in [4.78, 5) is 0. The van der Waals surface area contributed by atoms with Crippen molar-refractivity contribution in [3.05, 3.63) is 70.8 Å². The third kappa shape index (κ3) is 3.47. The van der Waals surface area contributed by atoms with Crippen LogP contribution in [0.15, 0.2) is 48.5 Å². The van der Waals surface area contributed by atoms with E-state index in [1.165, 1.54) is 61.6 Å². The lowest BCUT2D eigenvalue weighted by Crippen LogP contribution is -2.42. The van der Waals surface area contributed by atoms with E-state index in [0.717, 1.165) is 12.5 Å². The zero-order chi connectivity index (χ0) is 18.0. The van der Waals surface area contributed by atoms with Gasteiger partial charge in [-0.25, -0.2) is 0 Å². The summed E-state index contributed by atoms with van der Waals surface area (Å²) in [5, 5.41) is 4.00. The third-order valence-electron chi connectivity index (χ3n) is 6.56. The molecule has 0 aromatic heterocycles. The summed E-state index contributed by atoms with van der Waals surface area (Å²) < 4.78 is 0. The molecular weight excluding hydrogens is 314 g/mol. The minimum atomic E-state index is -0.0741. The van der Waals surface area contributed by atoms with Gasteiger partial charge in [0.25, 0.3) is 0 Å². The normalized spacial score (nSPS) is 24.6. The minimum absolute atomic E-state index is 0.0741. The quantitative estimate of drug-likeness (QED) is 0.591. The molecule has 2 aromatic carbocycles. The summed E-state index contributed by atoms with van der Waals surface area (Å²) in [6.45, 7) is 5.86. The van der Waals surface area contributed by atoms with Crippen LogP contribution in [0.5, 0.6) is 0 Å². The van der Waals surface area contributed by atoms with Gasteiger partial charge in [-0.2, -0.15) is 0 Å². The topological polar surface area (TPSA) is 12.0 Å². The molecule has 2 aliphatic carbocycles. The zero-order valence-corrected chi connectivity index (χ0v) is 16.4. The molecule has 0 unspecified atom stereocenters. The van der Waals surface area contributed by atoms with Crippen molar-refractivity contribution >= 4 is 0 Å². The molecule has 0 saturated heterocycles. The van der Waals surface area contributed by atoms with Crippen molar-refractivity contribution in [1.82, 2.24) is 5.32 Å². The maximum atomic E-state index is 4.00. The SMILES string of the molecule is CCCCC[C@@H]1Cc2ccccc2[C@](C)(NCC2CC2)c2ccccc21. The number of rotatable bonds is 7. The van der Waals surface area contributed by atoms with Crippen LogP contribution in [0.25, 0.3) is 0 Å². The number of nitrogens with one attached hydrogen (secondary N) is 1. The molecule has 0 bridgehead atoms. The van der Waals surface area contributed by atoms with Gasteiger partial charge in [0.2, 0.25) is 0 Å². The molecule has 1 fully saturated rings. The van der Waals surface area contributed by atoms with Crippen molar-refractivity contribution in [3.63, 3.8) is 0 Å². The Bertz CT molecular complexity index is 745. The van der Waals surface area contributed by atoms with Gasteiger partial charge in [-0.1, -0.05) is 74.7 Å². The number of fused-ring (bicyclic) bond motifs is 2. The number of hydrogen-bond acceptors (Lipinski definition) is 1. The maximum absolute atomic E-state index is 4.00. The van der Waals surface area contributed by atoms with Crippen LogP contribution in [0.2, 0.25) is 0 Å². The predicted octanol–water partition coefficient (Wildman–Crippen LogP) is 6.17. The van der Waals surface area contributed by atoms with Crippen LogP contribution in [0.1, 0.15) is 80.5 Å². The first-order chi connectivity index (χ1) is 12.7. The second-order valence-electron chi connectivity index (χ2n) is 8.59. The number of unbranched alkanes of at least 4 members (excludes halogenated alkanes) is 2. The van der Waals surface area contributed by atoms with Gasteiger partial charge < -0.3 is 5.32 Å². The van der Waals surface area contributed by atoms with Crippen molar-refractivity contribution in [2.24, 2.45) is 5.92 Å². The summed E-state index contributed by atoms with van der Waals surface area (Å²) >= 11 is 0. The Balaban J connectivity index is 1.76. The Kier molecular flexibility index (Phi) is 5.18. The zero-order valence-electron chi connectivity index (χ0n) is 16.4. The molecule has 0 aliphatic heterocycles. The Hall–Kier alpha value is -1.60. The average Bonchev–Trinajstić information content (AvgIpc) is 3.50. The molecule has 0 spiro atoms. The monoisotopic (exact) mass is 347 g/mol. The highest BCUT2D eigenvalue weighted by atomic mass is 15.0. The lowest BCUT2D eigenvalue weighted by Gasteiger charge is -2.34. The number of hydrogen-bond donors (Lipinski definition) is 1. The van der Waals surface area contributed by atoms with E-state index in [1.54, 1.807) is 5.56 Å². The lowest BCUT2D eigenvalue weighted by atomic mass is 9.80. The van der Waals surface area contributed by atoms with E-state index in [-0.39, 0.29) is 5.54 Å². The van der Waals surface area contributed by atoms with Gasteiger partial charge in [-0.15, -0.1) is 0 Å². The van der Waals surface area contributed by atoms with E-state index in [1.807, 2.05) is 0 Å². The highest BCUT2D eigenvalue weighted by molar-refractivity contribution is 5.50. The van der Waals surface area contributed by atoms with Crippen molar-refractivity contribution in [2.45, 2.75) is 70.3 Å². The van der Waals surface area contributed by atoms with Crippen LogP contribution >= 0.6 is 0 Å². The van der Waals surface area contributed by atoms with E-state index in [0.29, 0.717) is 5.92 Å². The fourth-order valence-corrected chi connectivity index (χ4v) is 4.77. The molecule has 1 heteroatoms. The van der Waals surface area contributed by atoms with Gasteiger partial charge in [0.15, 0.2) is 0 Å². The van der Waals surface area contributed by atoms with Gasteiger partial charge >= 0.3 is 0 Å². The molecule has 2 aromatic rings. The van der Waals surface area contributed by atoms with Crippen LogP contribution in [-0.2, 0) is 12.0 Å². The minimum Gasteiger partial charge on any atom is -0.304 e. The lowest BCUT2D eigenvalue weighted by molar-refractivity contribution is 0.424. The summed E-state index contributed by atoms with van der Waals surface area (Å²) in [5.74, 6) is 1.53. The van der Waals surface area contributed by atoms with E-state index >= 15 is 0 Å². The molecule has 4 rings (SSSR count). The summed E-state index contributed by atoms with van der Waals surface area (Å²) in [6.07, 6.45) is 9.25. The average molecular weight is 348 g/mol. The second kappa shape index (κ2) is 7.56. The summed E-state index contributed by atoms with van der Waals surface area (Å²) in [5.41, 5.74) is 6.04. The standard InChI is InChI=1S/C25H33N/c1-3-4-5-10-20-17-21-11-6-8-13-23(21)25(2,26-18-19-15-16-19)24-14-9-7-12-22(20)24/h6-9,11-14,19-20,26H,3-5,10,15-18H2,1-2H3/t20-,25+/m1/s1. The first kappa shape index (κ1) is 17.8.